The summed E-state index contributed by atoms with van der Waals surface area (Å²) in [5, 5.41) is 14.5. The summed E-state index contributed by atoms with van der Waals surface area (Å²) in [6.07, 6.45) is -11.4. The SMILES string of the molecule is O=C([O-])C1(C(F)(F)F)C=C(C(F)(F)F)N=N1.[Na+]. The fourth-order valence-electron chi connectivity index (χ4n) is 0.881. The number of hydrogen-bond acceptors (Lipinski definition) is 4. The third-order valence-electron chi connectivity index (χ3n) is 1.69. The molecule has 0 aromatic heterocycles. The van der Waals surface area contributed by atoms with Crippen LogP contribution in [0.2, 0.25) is 0 Å². The van der Waals surface area contributed by atoms with Crippen molar-refractivity contribution < 1.29 is 65.8 Å². The Labute approximate surface area is 112 Å². The molecular weight excluding hydrogens is 269 g/mol. The first kappa shape index (κ1) is 16.4. The zero-order valence-electron chi connectivity index (χ0n) is 8.06. The van der Waals surface area contributed by atoms with Gasteiger partial charge in [-0.05, 0) is 6.08 Å². The maximum atomic E-state index is 12.2. The first-order valence-corrected chi connectivity index (χ1v) is 3.52. The number of allylic oxidation sites excluding steroid dienone is 1. The standard InChI is InChI=1S/C6H2F6N2O2.Na/c7-5(8,9)2-1-4(3(15)16,14-13-2)6(10,11)12;/h1H,(H,15,16);/q;+1/p-1. The Kier molecular flexibility index (Phi) is 4.41. The molecule has 1 aliphatic rings. The summed E-state index contributed by atoms with van der Waals surface area (Å²) in [6, 6.07) is 0. The van der Waals surface area contributed by atoms with Crippen molar-refractivity contribution >= 4 is 5.97 Å². The monoisotopic (exact) mass is 270 g/mol. The number of azo groups is 1. The van der Waals surface area contributed by atoms with Crippen LogP contribution in [0.1, 0.15) is 0 Å². The smallest absolute Gasteiger partial charge is 0.547 e. The van der Waals surface area contributed by atoms with Gasteiger partial charge < -0.3 is 9.90 Å². The quantitative estimate of drug-likeness (QED) is 0.407. The summed E-state index contributed by atoms with van der Waals surface area (Å²) in [5.41, 5.74) is -6.08. The Balaban J connectivity index is 0.00000256. The van der Waals surface area contributed by atoms with Crippen LogP contribution in [0, 0.1) is 0 Å². The molecule has 0 radical (unpaired) electrons. The molecule has 90 valence electrons. The molecule has 1 rings (SSSR count). The van der Waals surface area contributed by atoms with Crippen LogP contribution in [-0.4, -0.2) is 23.9 Å². The fourth-order valence-corrected chi connectivity index (χ4v) is 0.881. The largest absolute Gasteiger partial charge is 1.00 e. The number of alkyl halides is 6. The van der Waals surface area contributed by atoms with E-state index in [-0.39, 0.29) is 29.6 Å². The average molecular weight is 270 g/mol. The molecule has 1 atom stereocenters. The number of rotatable bonds is 1. The number of carbonyl (C=O) groups excluding carboxylic acids is 1. The minimum absolute atomic E-state index is 0. The third-order valence-corrected chi connectivity index (χ3v) is 1.69. The van der Waals surface area contributed by atoms with E-state index in [1.54, 1.807) is 0 Å². The maximum Gasteiger partial charge on any atom is 1.00 e. The summed E-state index contributed by atoms with van der Waals surface area (Å²) in [5.74, 6) is -2.82. The zero-order chi connectivity index (χ0) is 12.8. The first-order chi connectivity index (χ1) is 7.01. The summed E-state index contributed by atoms with van der Waals surface area (Å²) < 4.78 is 72.6. The number of carboxylic acid groups (broad SMARTS) is 1. The van der Waals surface area contributed by atoms with E-state index in [0.29, 0.717) is 0 Å². The third kappa shape index (κ3) is 2.80. The van der Waals surface area contributed by atoms with Gasteiger partial charge in [0.05, 0.1) is 5.97 Å². The summed E-state index contributed by atoms with van der Waals surface area (Å²) in [7, 11) is 0. The molecule has 4 nitrogen and oxygen atoms in total. The molecule has 1 unspecified atom stereocenters. The Hall–Kier alpha value is -0.610. The van der Waals surface area contributed by atoms with Crippen LogP contribution < -0.4 is 34.7 Å². The molecule has 0 aromatic carbocycles. The Morgan fingerprint density at radius 2 is 1.71 bits per heavy atom. The number of nitrogens with zero attached hydrogens (tertiary/aromatic N) is 2. The summed E-state index contributed by atoms with van der Waals surface area (Å²) in [4.78, 5) is 10.2. The number of halogens is 6. The molecular formula is C6HF6N2NaO2. The maximum absolute atomic E-state index is 12.2. The second kappa shape index (κ2) is 4.58. The minimum Gasteiger partial charge on any atom is -0.547 e. The second-order valence-corrected chi connectivity index (χ2v) is 2.78. The van der Waals surface area contributed by atoms with Gasteiger partial charge in [0.15, 0.2) is 5.70 Å². The van der Waals surface area contributed by atoms with E-state index in [1.807, 2.05) is 0 Å². The fraction of sp³-hybridized carbons (Fsp3) is 0.500. The number of aliphatic carboxylic acids is 1. The van der Waals surface area contributed by atoms with Crippen LogP contribution in [0.25, 0.3) is 0 Å². The number of hydrogen-bond donors (Lipinski definition) is 0. The molecule has 0 saturated heterocycles. The van der Waals surface area contributed by atoms with Crippen molar-refractivity contribution in [3.05, 3.63) is 11.8 Å². The van der Waals surface area contributed by atoms with Crippen molar-refractivity contribution in [3.63, 3.8) is 0 Å². The van der Waals surface area contributed by atoms with Gasteiger partial charge >= 0.3 is 41.9 Å². The molecule has 0 saturated carbocycles. The van der Waals surface area contributed by atoms with E-state index in [4.69, 9.17) is 0 Å². The molecule has 0 aromatic rings. The zero-order valence-corrected chi connectivity index (χ0v) is 10.1. The summed E-state index contributed by atoms with van der Waals surface area (Å²) in [6.45, 7) is 0. The van der Waals surface area contributed by atoms with Gasteiger partial charge in [-0.1, -0.05) is 0 Å². The topological polar surface area (TPSA) is 64.8 Å². The van der Waals surface area contributed by atoms with Gasteiger partial charge in [-0.15, -0.1) is 5.11 Å². The van der Waals surface area contributed by atoms with Gasteiger partial charge in [0.2, 0.25) is 5.54 Å². The van der Waals surface area contributed by atoms with Crippen molar-refractivity contribution in [2.75, 3.05) is 0 Å². The van der Waals surface area contributed by atoms with Gasteiger partial charge in [0.1, 0.15) is 0 Å². The van der Waals surface area contributed by atoms with E-state index in [2.05, 4.69) is 10.2 Å². The van der Waals surface area contributed by atoms with E-state index in [9.17, 15) is 36.2 Å². The predicted octanol–water partition coefficient (Wildman–Crippen LogP) is -2.05. The predicted molar refractivity (Wildman–Crippen MR) is 32.8 cm³/mol. The molecule has 17 heavy (non-hydrogen) atoms. The van der Waals surface area contributed by atoms with Crippen molar-refractivity contribution in [2.24, 2.45) is 10.2 Å². The number of carboxylic acids is 1. The van der Waals surface area contributed by atoms with Gasteiger partial charge in [-0.3, -0.25) is 0 Å². The minimum atomic E-state index is -5.55. The molecule has 0 spiro atoms. The van der Waals surface area contributed by atoms with Crippen molar-refractivity contribution in [1.29, 1.82) is 0 Å². The molecule has 11 heteroatoms. The Morgan fingerprint density at radius 3 is 1.88 bits per heavy atom. The molecule has 0 fully saturated rings. The van der Waals surface area contributed by atoms with Crippen LogP contribution in [-0.2, 0) is 4.79 Å². The van der Waals surface area contributed by atoms with Crippen LogP contribution in [0.5, 0.6) is 0 Å². The molecule has 0 amide bonds. The average Bonchev–Trinajstić information content (AvgIpc) is 2.45. The van der Waals surface area contributed by atoms with Gasteiger partial charge in [-0.2, -0.15) is 31.5 Å². The molecule has 1 aliphatic heterocycles. The summed E-state index contributed by atoms with van der Waals surface area (Å²) >= 11 is 0. The van der Waals surface area contributed by atoms with E-state index in [1.165, 1.54) is 0 Å². The van der Waals surface area contributed by atoms with Crippen molar-refractivity contribution in [1.82, 2.24) is 0 Å². The normalized spacial score (nSPS) is 24.2. The van der Waals surface area contributed by atoms with Gasteiger partial charge in [-0.25, -0.2) is 0 Å². The van der Waals surface area contributed by atoms with Gasteiger partial charge in [0, 0.05) is 0 Å². The van der Waals surface area contributed by atoms with E-state index >= 15 is 0 Å². The molecule has 0 N–H and O–H groups in total. The molecule has 0 aliphatic carbocycles. The molecule has 1 heterocycles. The van der Waals surface area contributed by atoms with E-state index < -0.39 is 35.6 Å². The Bertz CT molecular complexity index is 387. The number of carbonyl (C=O) groups is 1. The van der Waals surface area contributed by atoms with Crippen LogP contribution >= 0.6 is 0 Å². The Morgan fingerprint density at radius 1 is 1.24 bits per heavy atom. The second-order valence-electron chi connectivity index (χ2n) is 2.78. The van der Waals surface area contributed by atoms with Crippen molar-refractivity contribution in [2.45, 2.75) is 17.9 Å². The van der Waals surface area contributed by atoms with E-state index in [0.717, 1.165) is 0 Å². The van der Waals surface area contributed by atoms with Crippen LogP contribution in [0.4, 0.5) is 26.3 Å². The van der Waals surface area contributed by atoms with Crippen LogP contribution in [0.3, 0.4) is 0 Å². The molecule has 0 bridgehead atoms. The van der Waals surface area contributed by atoms with Crippen LogP contribution in [0.15, 0.2) is 22.0 Å². The first-order valence-electron chi connectivity index (χ1n) is 3.52. The van der Waals surface area contributed by atoms with Gasteiger partial charge in [0.25, 0.3) is 0 Å². The van der Waals surface area contributed by atoms with Crippen molar-refractivity contribution in [3.8, 4) is 0 Å².